The van der Waals surface area contributed by atoms with E-state index < -0.39 is 0 Å². The highest BCUT2D eigenvalue weighted by Gasteiger charge is 2.22. The van der Waals surface area contributed by atoms with Crippen molar-refractivity contribution in [3.63, 3.8) is 0 Å². The lowest BCUT2D eigenvalue weighted by atomic mass is 10.1. The van der Waals surface area contributed by atoms with Crippen LogP contribution in [0.15, 0.2) is 35.7 Å². The van der Waals surface area contributed by atoms with Crippen LogP contribution in [0.4, 0.5) is 4.39 Å². The summed E-state index contributed by atoms with van der Waals surface area (Å²) in [7, 11) is 0. The van der Waals surface area contributed by atoms with Crippen LogP contribution in [0.5, 0.6) is 0 Å². The normalized spacial score (nSPS) is 11.0. The molecule has 36 heavy (non-hydrogen) atoms. The molecule has 200 valence electrons. The monoisotopic (exact) mass is 516 g/mol. The van der Waals surface area contributed by atoms with E-state index in [-0.39, 0.29) is 24.2 Å². The van der Waals surface area contributed by atoms with Gasteiger partial charge in [0.2, 0.25) is 11.8 Å². The number of aryl methyl sites for hydroxylation is 1. The van der Waals surface area contributed by atoms with Crippen LogP contribution in [0.2, 0.25) is 0 Å². The van der Waals surface area contributed by atoms with Gasteiger partial charge in [0.05, 0.1) is 13.1 Å². The van der Waals surface area contributed by atoms with E-state index in [1.807, 2.05) is 19.2 Å². The van der Waals surface area contributed by atoms with Crippen molar-refractivity contribution in [3.8, 4) is 0 Å². The molecule has 4 nitrogen and oxygen atoms in total. The summed E-state index contributed by atoms with van der Waals surface area (Å²) in [6.07, 6.45) is 12.2. The molecule has 0 aliphatic carbocycles. The average Bonchev–Trinajstić information content (AvgIpc) is 3.27. The maximum atomic E-state index is 13.4. The summed E-state index contributed by atoms with van der Waals surface area (Å²) in [5.74, 6) is -0.287. The number of benzene rings is 1. The predicted molar refractivity (Wildman–Crippen MR) is 148 cm³/mol. The van der Waals surface area contributed by atoms with Gasteiger partial charge in [0.25, 0.3) is 0 Å². The minimum Gasteiger partial charge on any atom is -0.333 e. The Labute approximate surface area is 221 Å². The number of hydrogen-bond acceptors (Lipinski definition) is 3. The van der Waals surface area contributed by atoms with Crippen molar-refractivity contribution in [2.24, 2.45) is 0 Å². The Balaban J connectivity index is 1.91. The van der Waals surface area contributed by atoms with Crippen LogP contribution >= 0.6 is 11.3 Å². The second-order valence-corrected chi connectivity index (χ2v) is 10.8. The van der Waals surface area contributed by atoms with Crippen molar-refractivity contribution in [2.75, 3.05) is 13.1 Å². The Morgan fingerprint density at radius 2 is 1.42 bits per heavy atom. The number of hydrogen-bond donors (Lipinski definition) is 0. The lowest BCUT2D eigenvalue weighted by Gasteiger charge is -2.28. The highest BCUT2D eigenvalue weighted by molar-refractivity contribution is 7.10. The average molecular weight is 517 g/mol. The molecule has 0 unspecified atom stereocenters. The molecule has 0 aliphatic heterocycles. The van der Waals surface area contributed by atoms with E-state index in [0.29, 0.717) is 26.1 Å². The number of carbonyl (C=O) groups is 2. The SMILES string of the molecule is CCCCCCCCCCCC(=O)N(CCC)CC(=O)N(Cc1ccc(F)cc1)Cc1sccc1C. The zero-order valence-electron chi connectivity index (χ0n) is 22.6. The van der Waals surface area contributed by atoms with Gasteiger partial charge in [-0.25, -0.2) is 4.39 Å². The molecule has 6 heteroatoms. The van der Waals surface area contributed by atoms with Gasteiger partial charge in [-0.05, 0) is 54.5 Å². The van der Waals surface area contributed by atoms with Gasteiger partial charge in [-0.3, -0.25) is 9.59 Å². The van der Waals surface area contributed by atoms with Gasteiger partial charge in [0.1, 0.15) is 5.82 Å². The summed E-state index contributed by atoms with van der Waals surface area (Å²) in [4.78, 5) is 31.1. The molecule has 0 radical (unpaired) electrons. The van der Waals surface area contributed by atoms with Crippen LogP contribution in [0.25, 0.3) is 0 Å². The third-order valence-electron chi connectivity index (χ3n) is 6.61. The molecule has 1 aromatic heterocycles. The number of nitrogens with zero attached hydrogens (tertiary/aromatic N) is 2. The molecule has 0 N–H and O–H groups in total. The Kier molecular flexibility index (Phi) is 14.4. The number of halogens is 1. The van der Waals surface area contributed by atoms with E-state index in [1.54, 1.807) is 33.3 Å². The molecule has 0 fully saturated rings. The summed E-state index contributed by atoms with van der Waals surface area (Å²) >= 11 is 1.63. The number of unbranched alkanes of at least 4 members (excludes halogenated alkanes) is 8. The first-order valence-electron chi connectivity index (χ1n) is 13.8. The second-order valence-electron chi connectivity index (χ2n) is 9.80. The Morgan fingerprint density at radius 1 is 0.778 bits per heavy atom. The first kappa shape index (κ1) is 30.0. The molecule has 0 saturated heterocycles. The summed E-state index contributed by atoms with van der Waals surface area (Å²) in [6, 6.07) is 8.34. The first-order valence-corrected chi connectivity index (χ1v) is 14.7. The van der Waals surface area contributed by atoms with Gasteiger partial charge < -0.3 is 9.80 Å². The highest BCUT2D eigenvalue weighted by Crippen LogP contribution is 2.20. The van der Waals surface area contributed by atoms with Crippen LogP contribution in [0.3, 0.4) is 0 Å². The van der Waals surface area contributed by atoms with Crippen molar-refractivity contribution in [1.82, 2.24) is 9.80 Å². The van der Waals surface area contributed by atoms with Crippen molar-refractivity contribution >= 4 is 23.2 Å². The van der Waals surface area contributed by atoms with Crippen molar-refractivity contribution in [3.05, 3.63) is 57.5 Å². The maximum absolute atomic E-state index is 13.4. The van der Waals surface area contributed by atoms with Crippen LogP contribution in [0.1, 0.15) is 100 Å². The Bertz CT molecular complexity index is 897. The van der Waals surface area contributed by atoms with Crippen LogP contribution < -0.4 is 0 Å². The smallest absolute Gasteiger partial charge is 0.242 e. The Morgan fingerprint density at radius 3 is 2.00 bits per heavy atom. The van der Waals surface area contributed by atoms with Gasteiger partial charge in [-0.2, -0.15) is 0 Å². The van der Waals surface area contributed by atoms with Gasteiger partial charge in [0, 0.05) is 24.4 Å². The van der Waals surface area contributed by atoms with Gasteiger partial charge in [-0.1, -0.05) is 77.3 Å². The molecular formula is C30H45FN2O2S. The van der Waals surface area contributed by atoms with Crippen molar-refractivity contribution in [2.45, 2.75) is 104 Å². The molecular weight excluding hydrogens is 471 g/mol. The molecule has 0 bridgehead atoms. The maximum Gasteiger partial charge on any atom is 0.242 e. The largest absolute Gasteiger partial charge is 0.333 e. The fourth-order valence-corrected chi connectivity index (χ4v) is 5.27. The first-order chi connectivity index (χ1) is 17.4. The molecule has 1 aromatic carbocycles. The van der Waals surface area contributed by atoms with E-state index in [2.05, 4.69) is 13.0 Å². The fourth-order valence-electron chi connectivity index (χ4n) is 4.35. The van der Waals surface area contributed by atoms with E-state index in [1.165, 1.54) is 57.1 Å². The minimum atomic E-state index is -0.290. The molecule has 2 aromatic rings. The fraction of sp³-hybridized carbons (Fsp3) is 0.600. The van der Waals surface area contributed by atoms with Gasteiger partial charge in [-0.15, -0.1) is 11.3 Å². The van der Waals surface area contributed by atoms with Gasteiger partial charge >= 0.3 is 0 Å². The van der Waals surface area contributed by atoms with Crippen LogP contribution in [0, 0.1) is 12.7 Å². The van der Waals surface area contributed by atoms with Crippen LogP contribution in [-0.2, 0) is 22.7 Å². The van der Waals surface area contributed by atoms with E-state index in [9.17, 15) is 14.0 Å². The van der Waals surface area contributed by atoms with Crippen LogP contribution in [-0.4, -0.2) is 34.7 Å². The van der Waals surface area contributed by atoms with Crippen molar-refractivity contribution in [1.29, 1.82) is 0 Å². The summed E-state index contributed by atoms with van der Waals surface area (Å²) < 4.78 is 13.4. The molecule has 1 heterocycles. The number of carbonyl (C=O) groups excluding carboxylic acids is 2. The summed E-state index contributed by atoms with van der Waals surface area (Å²) in [5, 5.41) is 2.03. The standard InChI is InChI=1S/C30H45FN2O2S/c1-4-6-7-8-9-10-11-12-13-14-29(34)32(20-5-2)24-30(35)33(23-28-25(3)19-21-36-28)22-26-15-17-27(31)18-16-26/h15-19,21H,4-14,20,22-24H2,1-3H3. The zero-order chi connectivity index (χ0) is 26.2. The third kappa shape index (κ3) is 11.2. The summed E-state index contributed by atoms with van der Waals surface area (Å²) in [6.45, 7) is 7.88. The molecule has 0 atom stereocenters. The number of thiophene rings is 1. The molecule has 0 saturated carbocycles. The number of rotatable bonds is 18. The minimum absolute atomic E-state index is 0.0685. The lowest BCUT2D eigenvalue weighted by Crippen LogP contribution is -2.42. The Hall–Kier alpha value is -2.21. The lowest BCUT2D eigenvalue weighted by molar-refractivity contribution is -0.141. The van der Waals surface area contributed by atoms with E-state index >= 15 is 0 Å². The topological polar surface area (TPSA) is 40.6 Å². The molecule has 2 rings (SSSR count). The quantitative estimate of drug-likeness (QED) is 0.189. The highest BCUT2D eigenvalue weighted by atomic mass is 32.1. The molecule has 0 spiro atoms. The second kappa shape index (κ2) is 17.3. The number of amides is 2. The predicted octanol–water partition coefficient (Wildman–Crippen LogP) is 7.88. The molecule has 2 amide bonds. The van der Waals surface area contributed by atoms with E-state index in [0.717, 1.165) is 35.3 Å². The molecule has 0 aliphatic rings. The zero-order valence-corrected chi connectivity index (χ0v) is 23.4. The van der Waals surface area contributed by atoms with Crippen molar-refractivity contribution < 1.29 is 14.0 Å². The third-order valence-corrected chi connectivity index (χ3v) is 7.62. The van der Waals surface area contributed by atoms with E-state index in [4.69, 9.17) is 0 Å². The van der Waals surface area contributed by atoms with Gasteiger partial charge in [0.15, 0.2) is 0 Å². The summed E-state index contributed by atoms with van der Waals surface area (Å²) in [5.41, 5.74) is 2.03.